The summed E-state index contributed by atoms with van der Waals surface area (Å²) in [6.07, 6.45) is 1.44. The number of hydrogen-bond acceptors (Lipinski definition) is 8. The lowest BCUT2D eigenvalue weighted by molar-refractivity contribution is -0.118. The van der Waals surface area contributed by atoms with Gasteiger partial charge < -0.3 is 14.2 Å². The Hall–Kier alpha value is -3.73. The summed E-state index contributed by atoms with van der Waals surface area (Å²) < 4.78 is 18.3. The van der Waals surface area contributed by atoms with E-state index in [1.165, 1.54) is 18.0 Å². The van der Waals surface area contributed by atoms with Gasteiger partial charge in [0, 0.05) is 16.8 Å². The predicted molar refractivity (Wildman–Crippen MR) is 149 cm³/mol. The van der Waals surface area contributed by atoms with Crippen LogP contribution in [0.15, 0.2) is 70.9 Å². The van der Waals surface area contributed by atoms with Gasteiger partial charge in [-0.3, -0.25) is 9.36 Å². The zero-order valence-electron chi connectivity index (χ0n) is 20.6. The Morgan fingerprint density at radius 3 is 2.37 bits per heavy atom. The number of thioether (sulfide) groups is 1. The highest BCUT2D eigenvalue weighted by atomic mass is 35.5. The first kappa shape index (κ1) is 27.3. The van der Waals surface area contributed by atoms with E-state index in [0.717, 1.165) is 5.69 Å². The first-order valence-corrected chi connectivity index (χ1v) is 12.9. The zero-order chi connectivity index (χ0) is 27.1. The number of halogens is 2. The minimum atomic E-state index is -0.332. The quantitative estimate of drug-likeness (QED) is 0.152. The molecule has 0 saturated carbocycles. The predicted octanol–water partition coefficient (Wildman–Crippen LogP) is 5.51. The van der Waals surface area contributed by atoms with Gasteiger partial charge in [-0.05, 0) is 30.3 Å². The molecule has 0 saturated heterocycles. The highest BCUT2D eigenvalue weighted by Gasteiger charge is 2.21. The largest absolute Gasteiger partial charge is 0.493 e. The summed E-state index contributed by atoms with van der Waals surface area (Å²) in [6, 6.07) is 18.3. The van der Waals surface area contributed by atoms with Gasteiger partial charge in [-0.15, -0.1) is 10.2 Å². The molecule has 0 fully saturated rings. The molecule has 0 unspecified atom stereocenters. The number of methoxy groups -OCH3 is 3. The van der Waals surface area contributed by atoms with E-state index >= 15 is 0 Å². The molecule has 1 heterocycles. The second kappa shape index (κ2) is 12.7. The van der Waals surface area contributed by atoms with Crippen LogP contribution in [-0.4, -0.2) is 54.0 Å². The van der Waals surface area contributed by atoms with Crippen LogP contribution in [0, 0.1) is 0 Å². The monoisotopic (exact) mass is 571 g/mol. The van der Waals surface area contributed by atoms with Crippen molar-refractivity contribution in [1.29, 1.82) is 0 Å². The van der Waals surface area contributed by atoms with E-state index in [1.807, 2.05) is 34.9 Å². The number of amides is 1. The molecule has 0 aliphatic heterocycles. The molecule has 0 atom stereocenters. The Morgan fingerprint density at radius 2 is 1.71 bits per heavy atom. The minimum absolute atomic E-state index is 0.0425. The topological polar surface area (TPSA) is 99.9 Å². The number of ether oxygens (including phenoxy) is 3. The van der Waals surface area contributed by atoms with Crippen LogP contribution < -0.4 is 19.6 Å². The SMILES string of the molecule is COc1cc(-c2nnc(SCC(=O)N/N=C/c3cccc(Cl)c3Cl)n2-c2ccccc2)cc(OC)c1OC. The van der Waals surface area contributed by atoms with E-state index in [9.17, 15) is 4.79 Å². The molecular weight excluding hydrogens is 549 g/mol. The molecule has 3 aromatic carbocycles. The Balaban J connectivity index is 1.59. The average Bonchev–Trinajstić information content (AvgIpc) is 3.37. The van der Waals surface area contributed by atoms with Crippen molar-refractivity contribution < 1.29 is 19.0 Å². The number of rotatable bonds is 10. The molecule has 4 rings (SSSR count). The summed E-state index contributed by atoms with van der Waals surface area (Å²) in [5.41, 5.74) is 4.59. The van der Waals surface area contributed by atoms with Crippen LogP contribution in [0.25, 0.3) is 17.1 Å². The Bertz CT molecular complexity index is 1440. The van der Waals surface area contributed by atoms with Gasteiger partial charge in [0.2, 0.25) is 5.75 Å². The van der Waals surface area contributed by atoms with Gasteiger partial charge in [0.1, 0.15) is 0 Å². The summed E-state index contributed by atoms with van der Waals surface area (Å²) in [6.45, 7) is 0. The number of benzene rings is 3. The number of carbonyl (C=O) groups excluding carboxylic acids is 1. The Labute approximate surface area is 233 Å². The second-order valence-electron chi connectivity index (χ2n) is 7.62. The summed E-state index contributed by atoms with van der Waals surface area (Å²) in [5, 5.41) is 14.0. The fourth-order valence-corrected chi connectivity index (χ4v) is 4.63. The third-order valence-corrected chi connectivity index (χ3v) is 7.04. The lowest BCUT2D eigenvalue weighted by Crippen LogP contribution is -2.20. The highest BCUT2D eigenvalue weighted by Crippen LogP contribution is 2.41. The molecule has 1 aromatic heterocycles. The van der Waals surface area contributed by atoms with Gasteiger partial charge in [0.15, 0.2) is 22.5 Å². The van der Waals surface area contributed by atoms with Gasteiger partial charge >= 0.3 is 0 Å². The van der Waals surface area contributed by atoms with Gasteiger partial charge in [-0.25, -0.2) is 5.43 Å². The maximum absolute atomic E-state index is 12.5. The molecule has 0 aliphatic rings. The summed E-state index contributed by atoms with van der Waals surface area (Å²) in [4.78, 5) is 12.5. The van der Waals surface area contributed by atoms with Crippen molar-refractivity contribution >= 4 is 47.1 Å². The number of nitrogens with one attached hydrogen (secondary N) is 1. The fraction of sp³-hybridized carbons (Fsp3) is 0.154. The third kappa shape index (κ3) is 6.04. The summed E-state index contributed by atoms with van der Waals surface area (Å²) in [5.74, 6) is 1.68. The lowest BCUT2D eigenvalue weighted by atomic mass is 10.1. The van der Waals surface area contributed by atoms with Crippen molar-refractivity contribution in [2.24, 2.45) is 5.10 Å². The maximum Gasteiger partial charge on any atom is 0.250 e. The van der Waals surface area contributed by atoms with Crippen molar-refractivity contribution in [2.75, 3.05) is 27.1 Å². The molecule has 4 aromatic rings. The third-order valence-electron chi connectivity index (χ3n) is 5.28. The normalized spacial score (nSPS) is 11.0. The first-order chi connectivity index (χ1) is 18.5. The highest BCUT2D eigenvalue weighted by molar-refractivity contribution is 7.99. The number of carbonyl (C=O) groups is 1. The fourth-order valence-electron chi connectivity index (χ4n) is 3.53. The molecule has 0 aliphatic carbocycles. The van der Waals surface area contributed by atoms with E-state index in [0.29, 0.717) is 49.4 Å². The Morgan fingerprint density at radius 1 is 1.00 bits per heavy atom. The number of para-hydroxylation sites is 1. The molecule has 0 radical (unpaired) electrons. The molecule has 1 N–H and O–H groups in total. The molecule has 1 amide bonds. The van der Waals surface area contributed by atoms with Crippen molar-refractivity contribution in [3.63, 3.8) is 0 Å². The standard InChI is InChI=1S/C26H23Cl2N5O4S/c1-35-20-12-17(13-21(36-2)24(20)37-3)25-31-32-26(33(25)18-9-5-4-6-10-18)38-15-22(34)30-29-14-16-8-7-11-19(27)23(16)28/h4-14H,15H2,1-3H3,(H,30,34)/b29-14+. The van der Waals surface area contributed by atoms with Gasteiger partial charge in [-0.2, -0.15) is 5.10 Å². The van der Waals surface area contributed by atoms with E-state index in [4.69, 9.17) is 37.4 Å². The molecule has 12 heteroatoms. The van der Waals surface area contributed by atoms with Crippen LogP contribution in [0.3, 0.4) is 0 Å². The van der Waals surface area contributed by atoms with Crippen LogP contribution in [0.1, 0.15) is 5.56 Å². The van der Waals surface area contributed by atoms with Gasteiger partial charge in [0.25, 0.3) is 5.91 Å². The minimum Gasteiger partial charge on any atom is -0.493 e. The summed E-state index contributed by atoms with van der Waals surface area (Å²) in [7, 11) is 4.64. The van der Waals surface area contributed by atoms with Gasteiger partial charge in [0.05, 0.1) is 43.3 Å². The van der Waals surface area contributed by atoms with E-state index < -0.39 is 0 Å². The molecule has 0 spiro atoms. The van der Waals surface area contributed by atoms with E-state index in [1.54, 1.807) is 51.7 Å². The van der Waals surface area contributed by atoms with Crippen molar-refractivity contribution in [3.8, 4) is 34.3 Å². The van der Waals surface area contributed by atoms with Crippen LogP contribution in [0.5, 0.6) is 17.2 Å². The lowest BCUT2D eigenvalue weighted by Gasteiger charge is -2.15. The van der Waals surface area contributed by atoms with Crippen molar-refractivity contribution in [2.45, 2.75) is 5.16 Å². The average molecular weight is 572 g/mol. The first-order valence-electron chi connectivity index (χ1n) is 11.2. The second-order valence-corrected chi connectivity index (χ2v) is 9.34. The zero-order valence-corrected chi connectivity index (χ0v) is 23.0. The van der Waals surface area contributed by atoms with E-state index in [-0.39, 0.29) is 11.7 Å². The van der Waals surface area contributed by atoms with Crippen LogP contribution in [-0.2, 0) is 4.79 Å². The van der Waals surface area contributed by atoms with Crippen molar-refractivity contribution in [1.82, 2.24) is 20.2 Å². The number of hydrazone groups is 1. The Kier molecular flexibility index (Phi) is 9.11. The molecule has 0 bridgehead atoms. The molecule has 38 heavy (non-hydrogen) atoms. The number of aromatic nitrogens is 3. The maximum atomic E-state index is 12.5. The molecule has 196 valence electrons. The van der Waals surface area contributed by atoms with E-state index in [2.05, 4.69) is 20.7 Å². The molecule has 9 nitrogen and oxygen atoms in total. The van der Waals surface area contributed by atoms with Crippen molar-refractivity contribution in [3.05, 3.63) is 76.3 Å². The van der Waals surface area contributed by atoms with Crippen LogP contribution >= 0.6 is 35.0 Å². The smallest absolute Gasteiger partial charge is 0.250 e. The number of hydrogen-bond donors (Lipinski definition) is 1. The summed E-state index contributed by atoms with van der Waals surface area (Å²) >= 11 is 13.4. The van der Waals surface area contributed by atoms with Gasteiger partial charge in [-0.1, -0.05) is 65.3 Å². The van der Waals surface area contributed by atoms with Crippen LogP contribution in [0.2, 0.25) is 10.0 Å². The number of nitrogens with zero attached hydrogens (tertiary/aromatic N) is 4. The molecular formula is C26H23Cl2N5O4S. The van der Waals surface area contributed by atoms with Crippen LogP contribution in [0.4, 0.5) is 0 Å².